The van der Waals surface area contributed by atoms with Gasteiger partial charge in [-0.15, -0.1) is 0 Å². The summed E-state index contributed by atoms with van der Waals surface area (Å²) >= 11 is 2.19. The molecule has 0 radical (unpaired) electrons. The van der Waals surface area contributed by atoms with Gasteiger partial charge < -0.3 is 9.47 Å². The summed E-state index contributed by atoms with van der Waals surface area (Å²) in [6.45, 7) is 5.06. The number of benzene rings is 3. The molecule has 184 valence electrons. The van der Waals surface area contributed by atoms with Gasteiger partial charge in [0.25, 0.3) is 0 Å². The Morgan fingerprint density at radius 1 is 1.08 bits per heavy atom. The predicted molar refractivity (Wildman–Crippen MR) is 143 cm³/mol. The van der Waals surface area contributed by atoms with Crippen LogP contribution in [0.3, 0.4) is 0 Å². The molecule has 10 heteroatoms. The third-order valence-corrected chi connectivity index (χ3v) is 6.71. The average molecular weight is 616 g/mol. The minimum Gasteiger partial charge on any atom is -0.482 e. The quantitative estimate of drug-likeness (QED) is 0.132. The van der Waals surface area contributed by atoms with Gasteiger partial charge in [-0.1, -0.05) is 54.2 Å². The molecule has 0 aliphatic heterocycles. The van der Waals surface area contributed by atoms with Crippen LogP contribution in [0.25, 0.3) is 6.08 Å². The van der Waals surface area contributed by atoms with Crippen LogP contribution in [0.2, 0.25) is 0 Å². The highest BCUT2D eigenvalue weighted by molar-refractivity contribution is 14.1. The Hall–Kier alpha value is -3.69. The zero-order valence-corrected chi connectivity index (χ0v) is 22.1. The van der Waals surface area contributed by atoms with Crippen molar-refractivity contribution in [2.24, 2.45) is 5.16 Å². The molecule has 1 atom stereocenters. The Kier molecular flexibility index (Phi) is 9.21. The first-order valence-corrected chi connectivity index (χ1v) is 13.0. The number of halogens is 1. The Balaban J connectivity index is 1.57. The highest BCUT2D eigenvalue weighted by Crippen LogP contribution is 2.20. The molecule has 0 spiro atoms. The molecule has 1 unspecified atom stereocenters. The maximum atomic E-state index is 12.5. The number of carbonyl (C=O) groups is 1. The van der Waals surface area contributed by atoms with E-state index in [0.717, 1.165) is 14.7 Å². The highest BCUT2D eigenvalue weighted by Gasteiger charge is 2.18. The van der Waals surface area contributed by atoms with E-state index in [2.05, 4.69) is 34.3 Å². The van der Waals surface area contributed by atoms with Crippen molar-refractivity contribution in [2.75, 3.05) is 6.61 Å². The molecule has 0 saturated carbocycles. The topological polar surface area (TPSA) is 115 Å². The summed E-state index contributed by atoms with van der Waals surface area (Å²) in [6, 6.07) is 21.3. The summed E-state index contributed by atoms with van der Waals surface area (Å²) in [5.74, 6) is -0.308. The fraction of sp³-hybridized carbons (Fsp3) is 0.115. The summed E-state index contributed by atoms with van der Waals surface area (Å²) in [5.41, 5.74) is 1.88. The van der Waals surface area contributed by atoms with E-state index in [1.54, 1.807) is 37.3 Å². The zero-order chi connectivity index (χ0) is 26.1. The molecule has 0 amide bonds. The fourth-order valence-corrected chi connectivity index (χ4v) is 4.01. The van der Waals surface area contributed by atoms with E-state index in [9.17, 15) is 18.5 Å². The van der Waals surface area contributed by atoms with E-state index in [1.807, 2.05) is 30.3 Å². The van der Waals surface area contributed by atoms with E-state index in [0.29, 0.717) is 5.56 Å². The molecule has 0 heterocycles. The number of oxime groups is 1. The monoisotopic (exact) mass is 616 g/mol. The van der Waals surface area contributed by atoms with Gasteiger partial charge >= 0.3 is 16.1 Å². The second-order valence-electron chi connectivity index (χ2n) is 7.35. The number of hydrogen-bond acceptors (Lipinski definition) is 8. The molecule has 0 N–H and O–H groups in total. The average Bonchev–Trinajstić information content (AvgIpc) is 2.88. The molecule has 0 fully saturated rings. The van der Waals surface area contributed by atoms with Crippen molar-refractivity contribution in [3.05, 3.63) is 99.6 Å². The number of rotatable bonds is 10. The molecule has 0 aromatic heterocycles. The molecule has 0 saturated heterocycles. The molecule has 3 aromatic rings. The van der Waals surface area contributed by atoms with E-state index in [4.69, 9.17) is 13.8 Å². The maximum Gasteiger partial charge on any atom is 0.358 e. The summed E-state index contributed by atoms with van der Waals surface area (Å²) in [6.07, 6.45) is 1.19. The SMILES string of the molecule is C=Cc1ccc(/C(C#N)=N/OS(=O)(=O)c2ccc(OCC(=O)OC(C)c3ccc(I)cc3)cc2)cc1. The summed E-state index contributed by atoms with van der Waals surface area (Å²) < 4.78 is 41.5. The van der Waals surface area contributed by atoms with Crippen molar-refractivity contribution in [1.82, 2.24) is 0 Å². The van der Waals surface area contributed by atoms with Crippen molar-refractivity contribution in [3.8, 4) is 11.8 Å². The van der Waals surface area contributed by atoms with Gasteiger partial charge in [0.1, 0.15) is 22.8 Å². The van der Waals surface area contributed by atoms with Crippen molar-refractivity contribution < 1.29 is 27.0 Å². The number of carbonyl (C=O) groups excluding carboxylic acids is 1. The molecule has 0 bridgehead atoms. The Labute approximate surface area is 223 Å². The first kappa shape index (κ1) is 26.9. The lowest BCUT2D eigenvalue weighted by atomic mass is 10.1. The van der Waals surface area contributed by atoms with Crippen molar-refractivity contribution in [1.29, 1.82) is 5.26 Å². The summed E-state index contributed by atoms with van der Waals surface area (Å²) in [4.78, 5) is 11.9. The van der Waals surface area contributed by atoms with Crippen LogP contribution in [0.5, 0.6) is 5.75 Å². The smallest absolute Gasteiger partial charge is 0.358 e. The van der Waals surface area contributed by atoms with Crippen LogP contribution >= 0.6 is 22.6 Å². The normalized spacial score (nSPS) is 12.2. The molecule has 0 aliphatic carbocycles. The summed E-state index contributed by atoms with van der Waals surface area (Å²) in [5, 5.41) is 12.8. The molecule has 3 aromatic carbocycles. The van der Waals surface area contributed by atoms with E-state index in [-0.39, 0.29) is 23.0 Å². The molecule has 0 aliphatic rings. The van der Waals surface area contributed by atoms with Crippen LogP contribution in [0.1, 0.15) is 29.7 Å². The van der Waals surface area contributed by atoms with Gasteiger partial charge in [0.15, 0.2) is 12.3 Å². The lowest BCUT2D eigenvalue weighted by molar-refractivity contribution is -0.151. The van der Waals surface area contributed by atoms with E-state index >= 15 is 0 Å². The van der Waals surface area contributed by atoms with E-state index < -0.39 is 22.2 Å². The third-order valence-electron chi connectivity index (χ3n) is 4.87. The van der Waals surface area contributed by atoms with Crippen molar-refractivity contribution in [3.63, 3.8) is 0 Å². The van der Waals surface area contributed by atoms with Crippen molar-refractivity contribution in [2.45, 2.75) is 17.9 Å². The molecule has 3 rings (SSSR count). The molecule has 8 nitrogen and oxygen atoms in total. The molecular weight excluding hydrogens is 595 g/mol. The van der Waals surface area contributed by atoms with Crippen LogP contribution < -0.4 is 4.74 Å². The van der Waals surface area contributed by atoms with Crippen LogP contribution in [-0.2, 0) is 23.9 Å². The van der Waals surface area contributed by atoms with Gasteiger partial charge in [0.2, 0.25) is 0 Å². The number of nitrogens with zero attached hydrogens (tertiary/aromatic N) is 2. The third kappa shape index (κ3) is 7.40. The number of nitriles is 1. The Morgan fingerprint density at radius 3 is 2.31 bits per heavy atom. The Bertz CT molecular complexity index is 1390. The standard InChI is InChI=1S/C26H21IN2O6S/c1-3-19-4-6-21(7-5-19)25(16-28)29-35-36(31,32)24-14-12-23(13-15-24)33-17-26(30)34-18(2)20-8-10-22(27)11-9-20/h3-15,18H,1,17H2,2H3/b29-25+. The van der Waals surface area contributed by atoms with Gasteiger partial charge in [-0.05, 0) is 77.0 Å². The predicted octanol–water partition coefficient (Wildman–Crippen LogP) is 5.25. The van der Waals surface area contributed by atoms with Gasteiger partial charge in [0.05, 0.1) is 0 Å². The lowest BCUT2D eigenvalue weighted by Crippen LogP contribution is -2.17. The highest BCUT2D eigenvalue weighted by atomic mass is 127. The zero-order valence-electron chi connectivity index (χ0n) is 19.1. The Morgan fingerprint density at radius 2 is 1.72 bits per heavy atom. The number of hydrogen-bond donors (Lipinski definition) is 0. The maximum absolute atomic E-state index is 12.5. The van der Waals surface area contributed by atoms with Crippen molar-refractivity contribution >= 4 is 50.5 Å². The second kappa shape index (κ2) is 12.3. The van der Waals surface area contributed by atoms with E-state index in [1.165, 1.54) is 24.3 Å². The van der Waals surface area contributed by atoms with Gasteiger partial charge in [-0.3, -0.25) is 4.28 Å². The van der Waals surface area contributed by atoms with Gasteiger partial charge in [0, 0.05) is 9.13 Å². The van der Waals surface area contributed by atoms with Crippen LogP contribution in [0, 0.1) is 14.9 Å². The first-order chi connectivity index (χ1) is 17.2. The molecular formula is C26H21IN2O6S. The molecule has 36 heavy (non-hydrogen) atoms. The van der Waals surface area contributed by atoms with Crippen LogP contribution in [-0.4, -0.2) is 26.7 Å². The minimum absolute atomic E-state index is 0.201. The number of esters is 1. The minimum atomic E-state index is -4.29. The first-order valence-electron chi connectivity index (χ1n) is 10.5. The van der Waals surface area contributed by atoms with Crippen LogP contribution in [0.4, 0.5) is 0 Å². The number of ether oxygens (including phenoxy) is 2. The fourth-order valence-electron chi connectivity index (χ4n) is 2.92. The largest absolute Gasteiger partial charge is 0.482 e. The van der Waals surface area contributed by atoms with Gasteiger partial charge in [-0.25, -0.2) is 4.79 Å². The second-order valence-corrected chi connectivity index (χ2v) is 10.1. The van der Waals surface area contributed by atoms with Crippen LogP contribution in [0.15, 0.2) is 89.4 Å². The lowest BCUT2D eigenvalue weighted by Gasteiger charge is -2.14. The summed E-state index contributed by atoms with van der Waals surface area (Å²) in [7, 11) is -4.29. The van der Waals surface area contributed by atoms with Gasteiger partial charge in [-0.2, -0.15) is 13.7 Å².